The van der Waals surface area contributed by atoms with Crippen molar-refractivity contribution >= 4 is 11.9 Å². The molecular formula is C20H28N2O4. The van der Waals surface area contributed by atoms with E-state index in [1.54, 1.807) is 11.9 Å². The normalized spacial score (nSPS) is 20.7. The molecule has 1 saturated heterocycles. The molecule has 1 spiro atoms. The number of aliphatic hydroxyl groups excluding tert-OH is 1. The zero-order valence-corrected chi connectivity index (χ0v) is 15.6. The number of benzene rings is 1. The standard InChI is InChI=1S/C20H28N2O4/c1-3-15-7-9-17(10-8-15)26-14-16(23)13-22-18(24)20(21(2)19(22)25)11-5-4-6-12-20/h7-10,16,23H,3-6,11-14H2,1-2H3. The Balaban J connectivity index is 1.58. The molecule has 1 unspecified atom stereocenters. The Morgan fingerprint density at radius 1 is 1.15 bits per heavy atom. The highest BCUT2D eigenvalue weighted by Crippen LogP contribution is 2.39. The molecule has 142 valence electrons. The van der Waals surface area contributed by atoms with Crippen molar-refractivity contribution in [3.8, 4) is 5.75 Å². The van der Waals surface area contributed by atoms with E-state index in [0.717, 1.165) is 25.7 Å². The average Bonchev–Trinajstić information content (AvgIpc) is 2.84. The van der Waals surface area contributed by atoms with Crippen LogP contribution in [-0.2, 0) is 11.2 Å². The number of rotatable bonds is 6. The van der Waals surface area contributed by atoms with Gasteiger partial charge in [0.15, 0.2) is 0 Å². The molecule has 1 aliphatic carbocycles. The van der Waals surface area contributed by atoms with E-state index < -0.39 is 11.6 Å². The minimum Gasteiger partial charge on any atom is -0.491 e. The first-order valence-corrected chi connectivity index (χ1v) is 9.47. The molecule has 0 bridgehead atoms. The maximum absolute atomic E-state index is 12.9. The van der Waals surface area contributed by atoms with Gasteiger partial charge in [0.1, 0.15) is 24.0 Å². The van der Waals surface area contributed by atoms with Crippen molar-refractivity contribution in [2.75, 3.05) is 20.2 Å². The predicted octanol–water partition coefficient (Wildman–Crippen LogP) is 2.59. The second kappa shape index (κ2) is 7.66. The molecule has 0 radical (unpaired) electrons. The van der Waals surface area contributed by atoms with Gasteiger partial charge in [0, 0.05) is 7.05 Å². The van der Waals surface area contributed by atoms with E-state index in [0.29, 0.717) is 18.6 Å². The van der Waals surface area contributed by atoms with Crippen LogP contribution in [0.15, 0.2) is 24.3 Å². The molecule has 1 heterocycles. The van der Waals surface area contributed by atoms with Crippen LogP contribution < -0.4 is 4.74 Å². The van der Waals surface area contributed by atoms with Gasteiger partial charge in [0.25, 0.3) is 5.91 Å². The van der Waals surface area contributed by atoms with E-state index in [-0.39, 0.29) is 25.1 Å². The fourth-order valence-electron chi connectivity index (χ4n) is 3.97. The lowest BCUT2D eigenvalue weighted by Crippen LogP contribution is -2.49. The van der Waals surface area contributed by atoms with Crippen molar-refractivity contribution in [1.82, 2.24) is 9.80 Å². The summed E-state index contributed by atoms with van der Waals surface area (Å²) in [6.45, 7) is 2.09. The second-order valence-corrected chi connectivity index (χ2v) is 7.31. The lowest BCUT2D eigenvalue weighted by atomic mass is 9.81. The number of ether oxygens (including phenoxy) is 1. The molecule has 1 aromatic carbocycles. The van der Waals surface area contributed by atoms with Gasteiger partial charge in [-0.15, -0.1) is 0 Å². The third kappa shape index (κ3) is 3.43. The van der Waals surface area contributed by atoms with E-state index in [9.17, 15) is 14.7 Å². The van der Waals surface area contributed by atoms with Gasteiger partial charge < -0.3 is 14.7 Å². The number of carbonyl (C=O) groups is 2. The summed E-state index contributed by atoms with van der Waals surface area (Å²) in [4.78, 5) is 28.2. The van der Waals surface area contributed by atoms with Gasteiger partial charge in [0.05, 0.1) is 6.54 Å². The largest absolute Gasteiger partial charge is 0.491 e. The number of hydrogen-bond acceptors (Lipinski definition) is 4. The molecular weight excluding hydrogens is 332 g/mol. The van der Waals surface area contributed by atoms with Gasteiger partial charge in [-0.1, -0.05) is 38.3 Å². The van der Waals surface area contributed by atoms with Gasteiger partial charge in [-0.05, 0) is 37.0 Å². The van der Waals surface area contributed by atoms with E-state index >= 15 is 0 Å². The van der Waals surface area contributed by atoms with Crippen molar-refractivity contribution in [2.24, 2.45) is 0 Å². The van der Waals surface area contributed by atoms with Crippen LogP contribution in [-0.4, -0.2) is 58.7 Å². The van der Waals surface area contributed by atoms with Crippen molar-refractivity contribution in [2.45, 2.75) is 57.1 Å². The number of aryl methyl sites for hydroxylation is 1. The van der Waals surface area contributed by atoms with Gasteiger partial charge >= 0.3 is 6.03 Å². The first kappa shape index (κ1) is 18.7. The van der Waals surface area contributed by atoms with Crippen LogP contribution in [0, 0.1) is 0 Å². The van der Waals surface area contributed by atoms with Crippen molar-refractivity contribution in [3.05, 3.63) is 29.8 Å². The third-order valence-corrected chi connectivity index (χ3v) is 5.65. The van der Waals surface area contributed by atoms with E-state index in [4.69, 9.17) is 4.74 Å². The van der Waals surface area contributed by atoms with Gasteiger partial charge in [-0.25, -0.2) is 4.79 Å². The molecule has 0 aromatic heterocycles. The maximum Gasteiger partial charge on any atom is 0.327 e. The maximum atomic E-state index is 12.9. The molecule has 1 atom stereocenters. The highest BCUT2D eigenvalue weighted by molar-refractivity contribution is 6.07. The molecule has 1 aromatic rings. The number of aliphatic hydroxyl groups is 1. The van der Waals surface area contributed by atoms with Crippen molar-refractivity contribution < 1.29 is 19.4 Å². The molecule has 26 heavy (non-hydrogen) atoms. The van der Waals surface area contributed by atoms with Crippen molar-refractivity contribution in [1.29, 1.82) is 0 Å². The summed E-state index contributed by atoms with van der Waals surface area (Å²) in [5.74, 6) is 0.497. The fraction of sp³-hybridized carbons (Fsp3) is 0.600. The Morgan fingerprint density at radius 3 is 2.42 bits per heavy atom. The van der Waals surface area contributed by atoms with Crippen LogP contribution in [0.25, 0.3) is 0 Å². The molecule has 2 aliphatic rings. The van der Waals surface area contributed by atoms with Crippen LogP contribution in [0.5, 0.6) is 5.75 Å². The summed E-state index contributed by atoms with van der Waals surface area (Å²) in [5.41, 5.74) is 0.512. The smallest absolute Gasteiger partial charge is 0.327 e. The minimum absolute atomic E-state index is 0.0310. The molecule has 6 nitrogen and oxygen atoms in total. The summed E-state index contributed by atoms with van der Waals surface area (Å²) < 4.78 is 5.60. The molecule has 1 N–H and O–H groups in total. The minimum atomic E-state index is -0.916. The first-order valence-electron chi connectivity index (χ1n) is 9.47. The molecule has 1 aliphatic heterocycles. The van der Waals surface area contributed by atoms with E-state index in [1.807, 2.05) is 24.3 Å². The summed E-state index contributed by atoms with van der Waals surface area (Å²) in [6, 6.07) is 7.38. The molecule has 3 rings (SSSR count). The SMILES string of the molecule is CCc1ccc(OCC(O)CN2C(=O)N(C)C3(CCCCC3)C2=O)cc1. The summed E-state index contributed by atoms with van der Waals surface area (Å²) in [5, 5.41) is 10.3. The Bertz CT molecular complexity index is 652. The Hall–Kier alpha value is -2.08. The second-order valence-electron chi connectivity index (χ2n) is 7.31. The number of urea groups is 1. The fourth-order valence-corrected chi connectivity index (χ4v) is 3.97. The highest BCUT2D eigenvalue weighted by atomic mass is 16.5. The lowest BCUT2D eigenvalue weighted by Gasteiger charge is -2.35. The topological polar surface area (TPSA) is 70.1 Å². The lowest BCUT2D eigenvalue weighted by molar-refractivity contribution is -0.135. The average molecular weight is 360 g/mol. The zero-order valence-electron chi connectivity index (χ0n) is 15.6. The Kier molecular flexibility index (Phi) is 5.51. The van der Waals surface area contributed by atoms with Crippen LogP contribution in [0.2, 0.25) is 0 Å². The number of β-amino-alcohol motifs (C(OH)–C–C–N with tert-alkyl or cyclic N) is 1. The van der Waals surface area contributed by atoms with Crippen molar-refractivity contribution in [3.63, 3.8) is 0 Å². The van der Waals surface area contributed by atoms with Crippen LogP contribution in [0.4, 0.5) is 4.79 Å². The van der Waals surface area contributed by atoms with Crippen LogP contribution in [0.3, 0.4) is 0 Å². The Labute approximate surface area is 154 Å². The molecule has 3 amide bonds. The van der Waals surface area contributed by atoms with E-state index in [1.165, 1.54) is 10.5 Å². The summed E-state index contributed by atoms with van der Waals surface area (Å²) in [6.07, 6.45) is 4.47. The number of amides is 3. The van der Waals surface area contributed by atoms with Gasteiger partial charge in [-0.2, -0.15) is 0 Å². The number of likely N-dealkylation sites (N-methyl/N-ethyl adjacent to an activating group) is 1. The first-order chi connectivity index (χ1) is 12.5. The number of carbonyl (C=O) groups excluding carboxylic acids is 2. The monoisotopic (exact) mass is 360 g/mol. The number of hydrogen-bond donors (Lipinski definition) is 1. The van der Waals surface area contributed by atoms with Crippen LogP contribution >= 0.6 is 0 Å². The third-order valence-electron chi connectivity index (χ3n) is 5.65. The zero-order chi connectivity index (χ0) is 18.7. The van der Waals surface area contributed by atoms with E-state index in [2.05, 4.69) is 6.92 Å². The van der Waals surface area contributed by atoms with Gasteiger partial charge in [-0.3, -0.25) is 9.69 Å². The summed E-state index contributed by atoms with van der Waals surface area (Å²) >= 11 is 0. The number of nitrogens with zero attached hydrogens (tertiary/aromatic N) is 2. The quantitative estimate of drug-likeness (QED) is 0.792. The highest BCUT2D eigenvalue weighted by Gasteiger charge is 2.55. The Morgan fingerprint density at radius 2 is 1.81 bits per heavy atom. The van der Waals surface area contributed by atoms with Crippen LogP contribution in [0.1, 0.15) is 44.6 Å². The summed E-state index contributed by atoms with van der Waals surface area (Å²) in [7, 11) is 1.70. The van der Waals surface area contributed by atoms with Gasteiger partial charge in [0.2, 0.25) is 0 Å². The molecule has 2 fully saturated rings. The predicted molar refractivity (Wildman–Crippen MR) is 98.0 cm³/mol. The molecule has 6 heteroatoms. The molecule has 1 saturated carbocycles. The number of imide groups is 1.